The molecule has 14 N–H and O–H groups in total. The van der Waals surface area contributed by atoms with Gasteiger partial charge in [-0.1, -0.05) is 0 Å². The number of imidazole rings is 3. The van der Waals surface area contributed by atoms with Crippen LogP contribution in [-0.2, 0) is 81.5 Å². The van der Waals surface area contributed by atoms with Crippen LogP contribution in [-0.4, -0.2) is 168 Å². The number of hydrogen-bond donors (Lipinski definition) is 10. The van der Waals surface area contributed by atoms with Gasteiger partial charge in [-0.05, 0) is 41.5 Å². The van der Waals surface area contributed by atoms with Crippen LogP contribution in [0.5, 0.6) is 0 Å². The molecule has 35 nitrogen and oxygen atoms in total. The molecule has 41 heteroatoms. The van der Waals surface area contributed by atoms with Crippen LogP contribution in [0.1, 0.15) is 50.6 Å². The summed E-state index contributed by atoms with van der Waals surface area (Å²) in [5, 5.41) is 21.1. The third kappa shape index (κ3) is 11.9. The number of aliphatic hydroxyl groups is 2. The second-order valence-corrected chi connectivity index (χ2v) is 26.8. The van der Waals surface area contributed by atoms with Crippen LogP contribution in [0.3, 0.4) is 0 Å². The van der Waals surface area contributed by atoms with E-state index < -0.39 is 132 Å². The first-order valence-corrected chi connectivity index (χ1v) is 31.7. The van der Waals surface area contributed by atoms with Crippen molar-refractivity contribution in [3.63, 3.8) is 0 Å². The lowest BCUT2D eigenvalue weighted by atomic mass is 10.2. The molecule has 4 fully saturated rings. The summed E-state index contributed by atoms with van der Waals surface area (Å²) >= 11 is 16.5. The molecule has 7 aromatic heterocycles. The summed E-state index contributed by atoms with van der Waals surface area (Å²) in [7, 11) is 0. The molecule has 4 saturated heterocycles. The number of nitrogen functional groups attached to an aromatic ring is 4. The largest absolute Gasteiger partial charge is 0.394 e. The SMILES string of the molecule is Nc1ccn([C@H]2C[C@@H](O)[C@@H](COP(O)(=S)O[C@@H]3C[C@H](n4cnc5c(N)ncnc54)O[C@@H]3COP(O)(=S)O[C@@H]3C[C@H](n4cnc5c(=O)[nH]c(N)nc54)O[C@@H]3COP(O)(=S)O[C@@H]3C[C@H](n4cnc5c(N)ncnc54)O[C@@H]3CO)O2)c(=O)n1. The van der Waals surface area contributed by atoms with Gasteiger partial charge in [0.05, 0.1) is 69.8 Å². The zero-order valence-electron chi connectivity index (χ0n) is 41.0. The average molecular weight is 1230 g/mol. The Kier molecular flexibility index (Phi) is 16.0. The highest BCUT2D eigenvalue weighted by atomic mass is 32.5. The third-order valence-electron chi connectivity index (χ3n) is 13.3. The molecule has 0 aromatic carbocycles. The van der Waals surface area contributed by atoms with Crippen molar-refractivity contribution in [3.05, 3.63) is 64.7 Å². The van der Waals surface area contributed by atoms with E-state index >= 15 is 0 Å². The number of aromatic amines is 1. The molecule has 4 aliphatic rings. The van der Waals surface area contributed by atoms with E-state index in [1.807, 2.05) is 0 Å². The van der Waals surface area contributed by atoms with Gasteiger partial charge in [-0.15, -0.1) is 0 Å². The van der Waals surface area contributed by atoms with Gasteiger partial charge in [-0.2, -0.15) is 9.97 Å². The highest BCUT2D eigenvalue weighted by Crippen LogP contribution is 2.54. The third-order valence-corrected chi connectivity index (χ3v) is 18.0. The van der Waals surface area contributed by atoms with Crippen LogP contribution < -0.4 is 34.2 Å². The number of ether oxygens (including phenoxy) is 4. The highest BCUT2D eigenvalue weighted by Gasteiger charge is 2.47. The second-order valence-electron chi connectivity index (χ2n) is 18.4. The van der Waals surface area contributed by atoms with Crippen molar-refractivity contribution < 1.29 is 71.0 Å². The molecule has 11 rings (SSSR count). The van der Waals surface area contributed by atoms with Gasteiger partial charge in [0.2, 0.25) is 5.95 Å². The molecule has 7 aromatic rings. The first-order chi connectivity index (χ1) is 38.1. The topological polar surface area (TPSA) is 483 Å². The minimum absolute atomic E-state index is 0.00188. The number of nitrogens with zero attached hydrogens (tertiary/aromatic N) is 13. The fourth-order valence-corrected chi connectivity index (χ4v) is 13.9. The standard InChI is InChI=1S/C39H49N18O17P3S3/c40-24-1-2-54(39(61)51-24)25-3-16(59)21(69-25)8-65-75(62,78)73-18-5-27(56-14-49-30-33(42)45-12-47-35(30)56)70-22(18)9-67-77(64,80)74-19-6-28(57-15-50-31-36(57)52-38(43)53-37(31)60)71-23(19)10-66-76(63,79)72-17-4-26(68-20(17)7-58)55-13-48-29-32(41)44-11-46-34(29)55/h1-2,11-23,25-28,58-59H,3-10H2,(H,62,78)(H,63,79)(H,64,80)(H2,40,51,61)(H2,41,44,46)(H2,42,45,47)(H3,43,52,53,60)/t16-,17-,18-,19-,20-,21-,22-,23-,25-,26-,27-,28-,75?,76?,77?/m1/s1. The Morgan fingerprint density at radius 1 is 0.588 bits per heavy atom. The fourth-order valence-electron chi connectivity index (χ4n) is 9.51. The van der Waals surface area contributed by atoms with Crippen LogP contribution in [0.4, 0.5) is 23.4 Å². The number of rotatable bonds is 20. The van der Waals surface area contributed by atoms with E-state index in [4.69, 9.17) is 104 Å². The summed E-state index contributed by atoms with van der Waals surface area (Å²) in [6, 6.07) is 1.39. The Morgan fingerprint density at radius 3 is 1.52 bits per heavy atom. The number of nitrogens with two attached hydrogens (primary N) is 4. The summed E-state index contributed by atoms with van der Waals surface area (Å²) in [4.78, 5) is 99.5. The second kappa shape index (κ2) is 22.6. The van der Waals surface area contributed by atoms with Gasteiger partial charge < -0.3 is 93.9 Å². The van der Waals surface area contributed by atoms with Gasteiger partial charge in [0, 0.05) is 31.9 Å². The molecule has 0 aliphatic carbocycles. The number of hydrogen-bond acceptors (Lipinski definition) is 30. The predicted octanol–water partition coefficient (Wildman–Crippen LogP) is -1.26. The Bertz CT molecular complexity index is 3730. The molecular weight excluding hydrogens is 1180 g/mol. The zero-order chi connectivity index (χ0) is 56.4. The molecule has 0 amide bonds. The lowest BCUT2D eigenvalue weighted by Gasteiger charge is -2.28. The molecule has 11 heterocycles. The Morgan fingerprint density at radius 2 is 1.02 bits per heavy atom. The van der Waals surface area contributed by atoms with Crippen LogP contribution in [0.15, 0.2) is 53.5 Å². The van der Waals surface area contributed by atoms with E-state index in [-0.39, 0.29) is 71.4 Å². The summed E-state index contributed by atoms with van der Waals surface area (Å²) in [5.41, 5.74) is 23.4. The van der Waals surface area contributed by atoms with Crippen molar-refractivity contribution in [1.82, 2.24) is 68.1 Å². The molecule has 0 radical (unpaired) electrons. The van der Waals surface area contributed by atoms with Crippen molar-refractivity contribution in [2.75, 3.05) is 49.4 Å². The minimum atomic E-state index is -4.41. The summed E-state index contributed by atoms with van der Waals surface area (Å²) in [6.45, 7) is -15.0. The molecule has 430 valence electrons. The van der Waals surface area contributed by atoms with Gasteiger partial charge in [0.1, 0.15) is 78.8 Å². The molecule has 0 saturated carbocycles. The molecule has 15 atom stereocenters. The number of nitrogens with one attached hydrogen (secondary N) is 1. The van der Waals surface area contributed by atoms with E-state index in [0.29, 0.717) is 11.2 Å². The monoisotopic (exact) mass is 1230 g/mol. The Labute approximate surface area is 463 Å². The van der Waals surface area contributed by atoms with Crippen molar-refractivity contribution in [3.8, 4) is 0 Å². The molecule has 80 heavy (non-hydrogen) atoms. The number of fused-ring (bicyclic) bond motifs is 3. The van der Waals surface area contributed by atoms with Crippen molar-refractivity contribution in [2.24, 2.45) is 0 Å². The predicted molar refractivity (Wildman–Crippen MR) is 284 cm³/mol. The van der Waals surface area contributed by atoms with Gasteiger partial charge in [-0.3, -0.25) is 28.0 Å². The fraction of sp³-hybridized carbons (Fsp3) is 0.513. The quantitative estimate of drug-likeness (QED) is 0.0398. The van der Waals surface area contributed by atoms with E-state index in [2.05, 4.69) is 49.8 Å². The van der Waals surface area contributed by atoms with E-state index in [0.717, 1.165) is 4.57 Å². The maximum Gasteiger partial charge on any atom is 0.351 e. The molecule has 0 bridgehead atoms. The van der Waals surface area contributed by atoms with Gasteiger partial charge in [0.15, 0.2) is 34.1 Å². The van der Waals surface area contributed by atoms with Crippen molar-refractivity contribution >= 4 is 112 Å². The normalized spacial score (nSPS) is 29.4. The Balaban J connectivity index is 0.789. The average Bonchev–Trinajstić information content (AvgIpc) is 4.29. The number of H-pyrrole nitrogens is 1. The van der Waals surface area contributed by atoms with Crippen LogP contribution in [0.25, 0.3) is 33.5 Å². The summed E-state index contributed by atoms with van der Waals surface area (Å²) in [5.74, 6) is 0.0148. The highest BCUT2D eigenvalue weighted by molar-refractivity contribution is 8.07. The lowest BCUT2D eigenvalue weighted by molar-refractivity contribution is -0.0554. The van der Waals surface area contributed by atoms with Crippen LogP contribution in [0.2, 0.25) is 0 Å². The summed E-state index contributed by atoms with van der Waals surface area (Å²) in [6.07, 6.45) is -4.88. The van der Waals surface area contributed by atoms with Crippen molar-refractivity contribution in [1.29, 1.82) is 0 Å². The summed E-state index contributed by atoms with van der Waals surface area (Å²) < 4.78 is 65.9. The maximum absolute atomic E-state index is 12.7. The van der Waals surface area contributed by atoms with Gasteiger partial charge in [0.25, 0.3) is 5.56 Å². The molecule has 3 unspecified atom stereocenters. The maximum atomic E-state index is 12.7. The molecule has 0 spiro atoms. The van der Waals surface area contributed by atoms with Crippen LogP contribution >= 0.6 is 20.2 Å². The van der Waals surface area contributed by atoms with Gasteiger partial charge in [-0.25, -0.2) is 39.7 Å². The molecular formula is C39H49N18O17P3S3. The minimum Gasteiger partial charge on any atom is -0.394 e. The van der Waals surface area contributed by atoms with Crippen LogP contribution in [0, 0.1) is 0 Å². The van der Waals surface area contributed by atoms with E-state index in [9.17, 15) is 34.5 Å². The molecule has 4 aliphatic heterocycles. The van der Waals surface area contributed by atoms with E-state index in [1.165, 1.54) is 53.0 Å². The number of aromatic nitrogens is 14. The zero-order valence-corrected chi connectivity index (χ0v) is 46.1. The van der Waals surface area contributed by atoms with Crippen molar-refractivity contribution in [2.45, 2.75) is 99.4 Å². The smallest absolute Gasteiger partial charge is 0.351 e. The number of anilines is 4. The number of aliphatic hydroxyl groups excluding tert-OH is 2. The van der Waals surface area contributed by atoms with E-state index in [1.54, 1.807) is 4.57 Å². The Hall–Kier alpha value is -5.12. The first-order valence-electron chi connectivity index (χ1n) is 23.9. The lowest BCUT2D eigenvalue weighted by Crippen LogP contribution is -2.31. The van der Waals surface area contributed by atoms with Gasteiger partial charge >= 0.3 is 25.8 Å². The first kappa shape index (κ1) is 56.7.